The molecular formula is C24H19NO3. The normalized spacial score (nSPS) is 13.9. The standard InChI is InChI=1S/C24H19NO3/c1-13(2)20-12-22-21(25(20)3)11-16(28-22)10-19-23(26)17-8-14-6-4-5-7-15(14)9-18(17)24(19)27/h4-13H,1-3H3. The quantitative estimate of drug-likeness (QED) is 0.346. The van der Waals surface area contributed by atoms with Crippen molar-refractivity contribution in [2.24, 2.45) is 7.05 Å². The van der Waals surface area contributed by atoms with Gasteiger partial charge in [-0.05, 0) is 34.9 Å². The molecule has 4 nitrogen and oxygen atoms in total. The third-order valence-corrected chi connectivity index (χ3v) is 5.53. The Morgan fingerprint density at radius 2 is 1.54 bits per heavy atom. The molecule has 0 N–H and O–H groups in total. The van der Waals surface area contributed by atoms with Crippen LogP contribution in [0.15, 0.2) is 58.5 Å². The average Bonchev–Trinajstić information content (AvgIpc) is 3.29. The van der Waals surface area contributed by atoms with E-state index in [0.717, 1.165) is 21.9 Å². The van der Waals surface area contributed by atoms with Crippen LogP contribution < -0.4 is 0 Å². The van der Waals surface area contributed by atoms with E-state index < -0.39 is 0 Å². The highest BCUT2D eigenvalue weighted by Gasteiger charge is 2.33. The Balaban J connectivity index is 1.60. The number of benzene rings is 2. The van der Waals surface area contributed by atoms with Gasteiger partial charge in [0, 0.05) is 36.0 Å². The van der Waals surface area contributed by atoms with Crippen molar-refractivity contribution in [1.29, 1.82) is 0 Å². The summed E-state index contributed by atoms with van der Waals surface area (Å²) < 4.78 is 8.00. The molecule has 2 heterocycles. The molecule has 0 fully saturated rings. The molecule has 1 aliphatic rings. The van der Waals surface area contributed by atoms with Crippen LogP contribution in [0.1, 0.15) is 51.9 Å². The summed E-state index contributed by atoms with van der Waals surface area (Å²) in [5.74, 6) is 0.421. The van der Waals surface area contributed by atoms with Crippen LogP contribution in [0.2, 0.25) is 0 Å². The number of aryl methyl sites for hydroxylation is 1. The lowest BCUT2D eigenvalue weighted by Crippen LogP contribution is -2.00. The lowest BCUT2D eigenvalue weighted by molar-refractivity contribution is 0.0990. The highest BCUT2D eigenvalue weighted by atomic mass is 16.3. The van der Waals surface area contributed by atoms with Gasteiger partial charge in [-0.1, -0.05) is 38.1 Å². The zero-order valence-electron chi connectivity index (χ0n) is 15.9. The van der Waals surface area contributed by atoms with Crippen molar-refractivity contribution in [3.63, 3.8) is 0 Å². The van der Waals surface area contributed by atoms with E-state index in [4.69, 9.17) is 4.42 Å². The lowest BCUT2D eigenvalue weighted by atomic mass is 10.0. The van der Waals surface area contributed by atoms with Gasteiger partial charge in [0.05, 0.1) is 11.1 Å². The Hall–Kier alpha value is -3.40. The molecule has 2 aromatic carbocycles. The molecule has 0 unspecified atom stereocenters. The van der Waals surface area contributed by atoms with Crippen molar-refractivity contribution >= 4 is 39.5 Å². The van der Waals surface area contributed by atoms with Crippen LogP contribution in [-0.4, -0.2) is 16.1 Å². The van der Waals surface area contributed by atoms with Gasteiger partial charge in [-0.15, -0.1) is 0 Å². The van der Waals surface area contributed by atoms with E-state index in [1.807, 2.05) is 43.4 Å². The van der Waals surface area contributed by atoms with Crippen molar-refractivity contribution in [1.82, 2.24) is 4.57 Å². The molecule has 0 spiro atoms. The first kappa shape index (κ1) is 16.8. The number of carbonyl (C=O) groups excluding carboxylic acids is 2. The zero-order chi connectivity index (χ0) is 19.6. The number of hydrogen-bond donors (Lipinski definition) is 0. The van der Waals surface area contributed by atoms with E-state index in [1.165, 1.54) is 5.69 Å². The van der Waals surface area contributed by atoms with Crippen molar-refractivity contribution in [2.75, 3.05) is 0 Å². The fraction of sp³-hybridized carbons (Fsp3) is 0.167. The number of furan rings is 1. The van der Waals surface area contributed by atoms with Gasteiger partial charge >= 0.3 is 0 Å². The highest BCUT2D eigenvalue weighted by molar-refractivity contribution is 6.42. The number of aromatic nitrogens is 1. The maximum absolute atomic E-state index is 12.9. The number of hydrogen-bond acceptors (Lipinski definition) is 3. The second-order valence-electron chi connectivity index (χ2n) is 7.64. The summed E-state index contributed by atoms with van der Waals surface area (Å²) in [6, 6.07) is 15.2. The van der Waals surface area contributed by atoms with E-state index in [1.54, 1.807) is 18.2 Å². The van der Waals surface area contributed by atoms with Crippen LogP contribution in [0.5, 0.6) is 0 Å². The first-order valence-electron chi connectivity index (χ1n) is 9.37. The molecule has 0 aliphatic heterocycles. The van der Waals surface area contributed by atoms with Gasteiger partial charge < -0.3 is 8.98 Å². The maximum Gasteiger partial charge on any atom is 0.197 e. The van der Waals surface area contributed by atoms with Gasteiger partial charge in [0.1, 0.15) is 5.76 Å². The van der Waals surface area contributed by atoms with Crippen LogP contribution in [0.4, 0.5) is 0 Å². The number of nitrogens with zero attached hydrogens (tertiary/aromatic N) is 1. The monoisotopic (exact) mass is 369 g/mol. The molecule has 0 radical (unpaired) electrons. The predicted octanol–water partition coefficient (Wildman–Crippen LogP) is 5.51. The third kappa shape index (κ3) is 2.31. The largest absolute Gasteiger partial charge is 0.455 e. The maximum atomic E-state index is 12.9. The fourth-order valence-corrected chi connectivity index (χ4v) is 4.06. The summed E-state index contributed by atoms with van der Waals surface area (Å²) in [6.45, 7) is 4.27. The summed E-state index contributed by atoms with van der Waals surface area (Å²) in [7, 11) is 2.00. The van der Waals surface area contributed by atoms with Crippen LogP contribution in [0.25, 0.3) is 27.9 Å². The Kier molecular flexibility index (Phi) is 3.47. The van der Waals surface area contributed by atoms with Crippen LogP contribution in [-0.2, 0) is 7.05 Å². The Bertz CT molecular complexity index is 1270. The highest BCUT2D eigenvalue weighted by Crippen LogP contribution is 2.33. The van der Waals surface area contributed by atoms with E-state index in [2.05, 4.69) is 18.4 Å². The molecule has 28 heavy (non-hydrogen) atoms. The molecule has 1 aliphatic carbocycles. The number of carbonyl (C=O) groups is 2. The molecule has 0 atom stereocenters. The summed E-state index contributed by atoms with van der Waals surface area (Å²) in [4.78, 5) is 25.8. The van der Waals surface area contributed by atoms with Crippen molar-refractivity contribution in [2.45, 2.75) is 19.8 Å². The molecule has 138 valence electrons. The first-order chi connectivity index (χ1) is 13.4. The molecule has 4 heteroatoms. The van der Waals surface area contributed by atoms with Crippen LogP contribution in [0.3, 0.4) is 0 Å². The molecule has 5 rings (SSSR count). The smallest absolute Gasteiger partial charge is 0.197 e. The van der Waals surface area contributed by atoms with Crippen molar-refractivity contribution < 1.29 is 14.0 Å². The second kappa shape index (κ2) is 5.80. The number of Topliss-reactive ketones (excluding diaryl/α,β-unsaturated/α-hetero) is 2. The summed E-state index contributed by atoms with van der Waals surface area (Å²) in [5, 5.41) is 1.90. The lowest BCUT2D eigenvalue weighted by Gasteiger charge is -2.05. The van der Waals surface area contributed by atoms with E-state index in [-0.39, 0.29) is 17.1 Å². The van der Waals surface area contributed by atoms with E-state index >= 15 is 0 Å². The van der Waals surface area contributed by atoms with Gasteiger partial charge in [-0.3, -0.25) is 9.59 Å². The van der Waals surface area contributed by atoms with Gasteiger partial charge in [0.15, 0.2) is 17.1 Å². The molecule has 2 aromatic heterocycles. The molecule has 4 aromatic rings. The molecule has 0 amide bonds. The zero-order valence-corrected chi connectivity index (χ0v) is 15.9. The summed E-state index contributed by atoms with van der Waals surface area (Å²) in [5.41, 5.74) is 3.99. The Morgan fingerprint density at radius 3 is 2.07 bits per heavy atom. The molecular weight excluding hydrogens is 350 g/mol. The van der Waals surface area contributed by atoms with Crippen molar-refractivity contribution in [3.05, 3.63) is 76.7 Å². The summed E-state index contributed by atoms with van der Waals surface area (Å²) >= 11 is 0. The number of rotatable bonds is 2. The number of ketones is 2. The minimum atomic E-state index is -0.242. The topological polar surface area (TPSA) is 52.2 Å². The number of allylic oxidation sites excluding steroid dienone is 1. The SMILES string of the molecule is CC(C)c1cc2oc(C=C3C(=O)c4cc5ccccc5cc4C3=O)cc2n1C. The first-order valence-corrected chi connectivity index (χ1v) is 9.37. The fourth-order valence-electron chi connectivity index (χ4n) is 4.06. The van der Waals surface area contributed by atoms with Gasteiger partial charge in [0.25, 0.3) is 0 Å². The Labute approximate surface area is 162 Å². The van der Waals surface area contributed by atoms with E-state index in [0.29, 0.717) is 22.8 Å². The van der Waals surface area contributed by atoms with Gasteiger partial charge in [-0.25, -0.2) is 0 Å². The van der Waals surface area contributed by atoms with Crippen molar-refractivity contribution in [3.8, 4) is 0 Å². The van der Waals surface area contributed by atoms with Gasteiger partial charge in [0.2, 0.25) is 0 Å². The van der Waals surface area contributed by atoms with Crippen LogP contribution >= 0.6 is 0 Å². The van der Waals surface area contributed by atoms with Gasteiger partial charge in [-0.2, -0.15) is 0 Å². The Morgan fingerprint density at radius 1 is 0.929 bits per heavy atom. The van der Waals surface area contributed by atoms with Crippen LogP contribution in [0, 0.1) is 0 Å². The minimum Gasteiger partial charge on any atom is -0.455 e. The third-order valence-electron chi connectivity index (χ3n) is 5.53. The predicted molar refractivity (Wildman–Crippen MR) is 110 cm³/mol. The molecule has 0 saturated carbocycles. The second-order valence-corrected chi connectivity index (χ2v) is 7.64. The molecule has 0 saturated heterocycles. The van der Waals surface area contributed by atoms with E-state index in [9.17, 15) is 9.59 Å². The number of fused-ring (bicyclic) bond motifs is 3. The summed E-state index contributed by atoms with van der Waals surface area (Å²) in [6.07, 6.45) is 1.57. The molecule has 0 bridgehead atoms. The average molecular weight is 369 g/mol. The minimum absolute atomic E-state index is 0.161.